The van der Waals surface area contributed by atoms with Crippen molar-refractivity contribution >= 4 is 12.9 Å². The molecule has 0 aromatic heterocycles. The summed E-state index contributed by atoms with van der Waals surface area (Å²) < 4.78 is 11.7. The fourth-order valence-corrected chi connectivity index (χ4v) is 2.08. The van der Waals surface area contributed by atoms with E-state index in [1.54, 1.807) is 0 Å². The van der Waals surface area contributed by atoms with Crippen molar-refractivity contribution in [1.29, 1.82) is 0 Å². The first kappa shape index (κ1) is 17.4. The van der Waals surface area contributed by atoms with Crippen LogP contribution in [0.15, 0.2) is 12.1 Å². The average Bonchev–Trinajstić information content (AvgIpc) is 2.45. The largest absolute Gasteiger partial charge is 0.486 e. The van der Waals surface area contributed by atoms with Gasteiger partial charge in [-0.25, -0.2) is 0 Å². The molecule has 0 bridgehead atoms. The lowest BCUT2D eigenvalue weighted by Crippen LogP contribution is -2.41. The molecule has 1 aliphatic heterocycles. The average molecular weight is 282 g/mol. The molecule has 0 aromatic carbocycles. The number of unbranched alkanes of at least 4 members (excludes halogenated alkanes) is 1. The highest BCUT2D eigenvalue weighted by Crippen LogP contribution is 2.36. The van der Waals surface area contributed by atoms with Gasteiger partial charge in [0.15, 0.2) is 0 Å². The van der Waals surface area contributed by atoms with Crippen LogP contribution in [-0.2, 0) is 14.1 Å². The molecule has 1 N–H and O–H groups in total. The Hall–Kier alpha value is -0.645. The van der Waals surface area contributed by atoms with Gasteiger partial charge in [0.1, 0.15) is 5.78 Å². The summed E-state index contributed by atoms with van der Waals surface area (Å²) in [6.07, 6.45) is 4.10. The normalized spacial score (nSPS) is 22.4. The minimum Gasteiger partial charge on any atom is -0.400 e. The zero-order valence-electron chi connectivity index (χ0n) is 13.3. The summed E-state index contributed by atoms with van der Waals surface area (Å²) in [5.41, 5.74) is -0.612. The van der Waals surface area contributed by atoms with Crippen molar-refractivity contribution in [2.75, 3.05) is 0 Å². The van der Waals surface area contributed by atoms with Gasteiger partial charge in [0.2, 0.25) is 0 Å². The van der Waals surface area contributed by atoms with Gasteiger partial charge >= 0.3 is 7.12 Å². The molecule has 114 valence electrons. The number of aliphatic hydroxyl groups is 1. The first-order chi connectivity index (χ1) is 9.14. The van der Waals surface area contributed by atoms with Gasteiger partial charge in [0, 0.05) is 6.42 Å². The molecule has 0 saturated carbocycles. The maximum atomic E-state index is 10.8. The highest BCUT2D eigenvalue weighted by Gasteiger charge is 2.49. The lowest BCUT2D eigenvalue weighted by Gasteiger charge is -2.32. The SMILES string of the molecule is CC(=O)CC(O)CCC/C=C/B1OC(C)(C)C(C)(C)O1. The van der Waals surface area contributed by atoms with Crippen molar-refractivity contribution in [1.82, 2.24) is 0 Å². The minimum absolute atomic E-state index is 0.0326. The first-order valence-corrected chi connectivity index (χ1v) is 7.34. The molecule has 1 saturated heterocycles. The molecular weight excluding hydrogens is 255 g/mol. The molecule has 1 aliphatic rings. The van der Waals surface area contributed by atoms with Crippen LogP contribution in [0.5, 0.6) is 0 Å². The van der Waals surface area contributed by atoms with Gasteiger partial charge in [0.25, 0.3) is 0 Å². The van der Waals surface area contributed by atoms with E-state index in [4.69, 9.17) is 9.31 Å². The quantitative estimate of drug-likeness (QED) is 0.576. The molecule has 0 radical (unpaired) electrons. The monoisotopic (exact) mass is 282 g/mol. The number of aliphatic hydroxyl groups excluding tert-OH is 1. The van der Waals surface area contributed by atoms with Crippen molar-refractivity contribution in [2.24, 2.45) is 0 Å². The van der Waals surface area contributed by atoms with Crippen molar-refractivity contribution in [3.63, 3.8) is 0 Å². The van der Waals surface area contributed by atoms with Crippen LogP contribution in [0, 0.1) is 0 Å². The van der Waals surface area contributed by atoms with E-state index in [9.17, 15) is 9.90 Å². The Labute approximate surface area is 122 Å². The predicted octanol–water partition coefficient (Wildman–Crippen LogP) is 2.68. The van der Waals surface area contributed by atoms with Gasteiger partial charge in [-0.1, -0.05) is 12.1 Å². The zero-order chi connectivity index (χ0) is 15.4. The Balaban J connectivity index is 2.25. The van der Waals surface area contributed by atoms with Gasteiger partial charge in [-0.05, 0) is 53.9 Å². The molecule has 1 fully saturated rings. The summed E-state index contributed by atoms with van der Waals surface area (Å²) in [5, 5.41) is 9.57. The second-order valence-electron chi connectivity index (χ2n) is 6.54. The molecule has 0 aliphatic carbocycles. The number of ketones is 1. The van der Waals surface area contributed by atoms with Crippen LogP contribution in [0.1, 0.15) is 60.3 Å². The second-order valence-corrected chi connectivity index (χ2v) is 6.54. The first-order valence-electron chi connectivity index (χ1n) is 7.34. The summed E-state index contributed by atoms with van der Waals surface area (Å²) in [6.45, 7) is 9.61. The Morgan fingerprint density at radius 3 is 2.30 bits per heavy atom. The molecule has 4 nitrogen and oxygen atoms in total. The molecule has 1 atom stereocenters. The lowest BCUT2D eigenvalue weighted by molar-refractivity contribution is -0.118. The smallest absolute Gasteiger partial charge is 0.400 e. The molecule has 20 heavy (non-hydrogen) atoms. The third kappa shape index (κ3) is 5.04. The number of hydrogen-bond acceptors (Lipinski definition) is 4. The van der Waals surface area contributed by atoms with E-state index in [1.165, 1.54) is 6.92 Å². The van der Waals surface area contributed by atoms with Crippen molar-refractivity contribution < 1.29 is 19.2 Å². The lowest BCUT2D eigenvalue weighted by atomic mass is 9.89. The van der Waals surface area contributed by atoms with E-state index in [-0.39, 0.29) is 30.5 Å². The number of Topliss-reactive ketones (excluding diaryl/α,β-unsaturated/α-hetero) is 1. The summed E-state index contributed by atoms with van der Waals surface area (Å²) >= 11 is 0. The molecule has 1 unspecified atom stereocenters. The van der Waals surface area contributed by atoms with E-state index in [0.29, 0.717) is 6.42 Å². The topological polar surface area (TPSA) is 55.8 Å². The highest BCUT2D eigenvalue weighted by atomic mass is 16.7. The third-order valence-corrected chi connectivity index (χ3v) is 4.00. The van der Waals surface area contributed by atoms with Crippen LogP contribution >= 0.6 is 0 Å². The molecule has 5 heteroatoms. The Morgan fingerprint density at radius 2 is 1.80 bits per heavy atom. The summed E-state index contributed by atoms with van der Waals surface area (Å²) in [6, 6.07) is 0. The van der Waals surface area contributed by atoms with Crippen molar-refractivity contribution in [3.05, 3.63) is 12.1 Å². The van der Waals surface area contributed by atoms with Crippen LogP contribution in [0.2, 0.25) is 0 Å². The predicted molar refractivity (Wildman–Crippen MR) is 80.4 cm³/mol. The maximum Gasteiger partial charge on any atom is 0.486 e. The second kappa shape index (κ2) is 6.88. The fourth-order valence-electron chi connectivity index (χ4n) is 2.08. The van der Waals surface area contributed by atoms with Crippen LogP contribution in [0.4, 0.5) is 0 Å². The zero-order valence-corrected chi connectivity index (χ0v) is 13.3. The number of allylic oxidation sites excluding steroid dienone is 1. The molecular formula is C15H27BO4. The summed E-state index contributed by atoms with van der Waals surface area (Å²) in [5.74, 6) is 1.96. The van der Waals surface area contributed by atoms with Gasteiger partial charge in [-0.15, -0.1) is 0 Å². The van der Waals surface area contributed by atoms with Crippen LogP contribution in [0.3, 0.4) is 0 Å². The van der Waals surface area contributed by atoms with Crippen LogP contribution < -0.4 is 0 Å². The molecule has 0 amide bonds. The maximum absolute atomic E-state index is 10.8. The number of rotatable bonds is 7. The van der Waals surface area contributed by atoms with E-state index < -0.39 is 6.10 Å². The van der Waals surface area contributed by atoms with Crippen LogP contribution in [-0.4, -0.2) is 35.3 Å². The van der Waals surface area contributed by atoms with E-state index >= 15 is 0 Å². The van der Waals surface area contributed by atoms with Crippen molar-refractivity contribution in [3.8, 4) is 0 Å². The minimum atomic E-state index is -0.516. The van der Waals surface area contributed by atoms with Gasteiger partial charge in [0.05, 0.1) is 17.3 Å². The van der Waals surface area contributed by atoms with E-state index in [0.717, 1.165) is 12.8 Å². The molecule has 1 heterocycles. The third-order valence-electron chi connectivity index (χ3n) is 4.00. The molecule has 1 rings (SSSR count). The van der Waals surface area contributed by atoms with Gasteiger partial charge in [-0.3, -0.25) is 4.79 Å². The summed E-state index contributed by atoms with van der Waals surface area (Å²) in [7, 11) is -0.304. The van der Waals surface area contributed by atoms with Gasteiger partial charge < -0.3 is 14.4 Å². The standard InChI is InChI=1S/C15H27BO4/c1-12(17)11-13(18)9-7-6-8-10-16-19-14(2,3)15(4,5)20-16/h8,10,13,18H,6-7,9,11H2,1-5H3/b10-8+. The number of hydrogen-bond donors (Lipinski definition) is 1. The Kier molecular flexibility index (Phi) is 5.98. The van der Waals surface area contributed by atoms with Gasteiger partial charge in [-0.2, -0.15) is 0 Å². The highest BCUT2D eigenvalue weighted by molar-refractivity contribution is 6.51. The Bertz CT molecular complexity index is 347. The Morgan fingerprint density at radius 1 is 1.25 bits per heavy atom. The number of carbonyl (C=O) groups excluding carboxylic acids is 1. The fraction of sp³-hybridized carbons (Fsp3) is 0.800. The molecule has 0 spiro atoms. The van der Waals surface area contributed by atoms with E-state index in [1.807, 2.05) is 39.7 Å². The molecule has 0 aromatic rings. The van der Waals surface area contributed by atoms with Crippen LogP contribution in [0.25, 0.3) is 0 Å². The number of carbonyl (C=O) groups is 1. The van der Waals surface area contributed by atoms with E-state index in [2.05, 4.69) is 0 Å². The summed E-state index contributed by atoms with van der Waals surface area (Å²) in [4.78, 5) is 10.8. The van der Waals surface area contributed by atoms with Crippen molar-refractivity contribution in [2.45, 2.75) is 77.6 Å².